The van der Waals surface area contributed by atoms with Crippen LogP contribution in [0.4, 0.5) is 0 Å². The SMILES string of the molecule is c1ccc2c(-c3c4ccccc4c(-c4nc5c6ccccc6ccc5c5c4ccc4ccccc45)c4ccccc34)cccc2c1. The van der Waals surface area contributed by atoms with Crippen molar-refractivity contribution in [2.24, 2.45) is 0 Å². The second kappa shape index (κ2) is 9.72. The zero-order valence-electron chi connectivity index (χ0n) is 25.0. The molecule has 0 unspecified atom stereocenters. The molecule has 212 valence electrons. The van der Waals surface area contributed by atoms with E-state index in [1.54, 1.807) is 0 Å². The molecule has 0 saturated carbocycles. The minimum Gasteiger partial charge on any atom is -0.246 e. The average Bonchev–Trinajstić information content (AvgIpc) is 3.13. The Labute approximate surface area is 266 Å². The van der Waals surface area contributed by atoms with E-state index in [2.05, 4.69) is 164 Å². The normalized spacial score (nSPS) is 11.9. The first kappa shape index (κ1) is 25.3. The molecule has 1 heteroatoms. The van der Waals surface area contributed by atoms with Gasteiger partial charge in [0, 0.05) is 27.1 Å². The third kappa shape index (κ3) is 3.54. The lowest BCUT2D eigenvalue weighted by atomic mass is 9.84. The lowest BCUT2D eigenvalue weighted by Gasteiger charge is -2.20. The van der Waals surface area contributed by atoms with Crippen molar-refractivity contribution < 1.29 is 0 Å². The average molecular weight is 582 g/mol. The molecule has 10 rings (SSSR count). The van der Waals surface area contributed by atoms with E-state index >= 15 is 0 Å². The first-order chi connectivity index (χ1) is 22.8. The number of benzene rings is 9. The summed E-state index contributed by atoms with van der Waals surface area (Å²) >= 11 is 0. The van der Waals surface area contributed by atoms with Crippen molar-refractivity contribution in [3.63, 3.8) is 0 Å². The van der Waals surface area contributed by atoms with E-state index in [1.807, 2.05) is 0 Å². The summed E-state index contributed by atoms with van der Waals surface area (Å²) < 4.78 is 0. The van der Waals surface area contributed by atoms with Crippen LogP contribution in [0, 0.1) is 0 Å². The van der Waals surface area contributed by atoms with Crippen LogP contribution in [-0.2, 0) is 0 Å². The van der Waals surface area contributed by atoms with Gasteiger partial charge in [0.25, 0.3) is 0 Å². The Morgan fingerprint density at radius 3 is 1.39 bits per heavy atom. The molecule has 0 aliphatic rings. The molecule has 1 heterocycles. The van der Waals surface area contributed by atoms with Crippen LogP contribution >= 0.6 is 0 Å². The van der Waals surface area contributed by atoms with Gasteiger partial charge in [-0.25, -0.2) is 4.98 Å². The maximum Gasteiger partial charge on any atom is 0.0801 e. The molecule has 0 amide bonds. The molecule has 0 bridgehead atoms. The van der Waals surface area contributed by atoms with Gasteiger partial charge in [0.1, 0.15) is 0 Å². The van der Waals surface area contributed by atoms with Crippen LogP contribution in [-0.4, -0.2) is 4.98 Å². The van der Waals surface area contributed by atoms with E-state index in [1.165, 1.54) is 86.7 Å². The van der Waals surface area contributed by atoms with E-state index in [-0.39, 0.29) is 0 Å². The van der Waals surface area contributed by atoms with Crippen LogP contribution in [0.15, 0.2) is 164 Å². The Morgan fingerprint density at radius 1 is 0.283 bits per heavy atom. The van der Waals surface area contributed by atoms with E-state index in [0.29, 0.717) is 0 Å². The molecule has 0 saturated heterocycles. The summed E-state index contributed by atoms with van der Waals surface area (Å²) in [5.41, 5.74) is 5.79. The van der Waals surface area contributed by atoms with Crippen molar-refractivity contribution in [2.45, 2.75) is 0 Å². The molecular weight excluding hydrogens is 555 g/mol. The molecule has 9 aromatic carbocycles. The number of rotatable bonds is 2. The highest BCUT2D eigenvalue weighted by Crippen LogP contribution is 2.47. The molecule has 1 aromatic heterocycles. The van der Waals surface area contributed by atoms with E-state index in [4.69, 9.17) is 4.98 Å². The molecule has 0 aliphatic carbocycles. The molecule has 0 N–H and O–H groups in total. The predicted octanol–water partition coefficient (Wildman–Crippen LogP) is 12.5. The van der Waals surface area contributed by atoms with Gasteiger partial charge in [-0.15, -0.1) is 0 Å². The van der Waals surface area contributed by atoms with E-state index in [9.17, 15) is 0 Å². The van der Waals surface area contributed by atoms with Crippen molar-refractivity contribution in [3.8, 4) is 22.4 Å². The number of pyridine rings is 1. The van der Waals surface area contributed by atoms with Crippen LogP contribution in [0.25, 0.3) is 97.9 Å². The Morgan fingerprint density at radius 2 is 0.739 bits per heavy atom. The van der Waals surface area contributed by atoms with Gasteiger partial charge in [-0.3, -0.25) is 0 Å². The maximum atomic E-state index is 5.66. The fraction of sp³-hybridized carbons (Fsp3) is 0. The van der Waals surface area contributed by atoms with Crippen LogP contribution in [0.3, 0.4) is 0 Å². The highest BCUT2D eigenvalue weighted by molar-refractivity contribution is 6.30. The van der Waals surface area contributed by atoms with Gasteiger partial charge in [-0.05, 0) is 59.6 Å². The summed E-state index contributed by atoms with van der Waals surface area (Å²) in [5.74, 6) is 0. The summed E-state index contributed by atoms with van der Waals surface area (Å²) in [6.45, 7) is 0. The van der Waals surface area contributed by atoms with Crippen LogP contribution in [0.2, 0.25) is 0 Å². The first-order valence-electron chi connectivity index (χ1n) is 15.9. The lowest BCUT2D eigenvalue weighted by Crippen LogP contribution is -1.96. The number of hydrogen-bond acceptors (Lipinski definition) is 1. The molecule has 46 heavy (non-hydrogen) atoms. The standard InChI is InChI=1S/C45H27N/c1-4-16-31-28(12-1)15-11-23-34(31)42-35-19-7-9-21-37(35)43(38-22-10-8-20-36(38)42)45-40-27-24-29-13-2-5-17-32(29)41(40)39-26-25-30-14-3-6-18-33(30)44(39)46-45/h1-27H. The fourth-order valence-corrected chi connectivity index (χ4v) is 7.82. The quantitative estimate of drug-likeness (QED) is 0.146. The minimum absolute atomic E-state index is 1.03. The predicted molar refractivity (Wildman–Crippen MR) is 198 cm³/mol. The maximum absolute atomic E-state index is 5.66. The summed E-state index contributed by atoms with van der Waals surface area (Å²) in [6.07, 6.45) is 0. The van der Waals surface area contributed by atoms with Gasteiger partial charge >= 0.3 is 0 Å². The zero-order valence-corrected chi connectivity index (χ0v) is 25.0. The van der Waals surface area contributed by atoms with Crippen molar-refractivity contribution in [3.05, 3.63) is 164 Å². The van der Waals surface area contributed by atoms with Gasteiger partial charge < -0.3 is 0 Å². The van der Waals surface area contributed by atoms with Crippen molar-refractivity contribution in [2.75, 3.05) is 0 Å². The van der Waals surface area contributed by atoms with Gasteiger partial charge in [0.05, 0.1) is 11.2 Å². The van der Waals surface area contributed by atoms with Crippen LogP contribution < -0.4 is 0 Å². The van der Waals surface area contributed by atoms with Crippen LogP contribution in [0.1, 0.15) is 0 Å². The van der Waals surface area contributed by atoms with E-state index in [0.717, 1.165) is 11.2 Å². The van der Waals surface area contributed by atoms with E-state index < -0.39 is 0 Å². The molecule has 0 fully saturated rings. The molecule has 0 radical (unpaired) electrons. The van der Waals surface area contributed by atoms with Crippen molar-refractivity contribution in [1.82, 2.24) is 4.98 Å². The van der Waals surface area contributed by atoms with Gasteiger partial charge in [0.2, 0.25) is 0 Å². The second-order valence-electron chi connectivity index (χ2n) is 12.2. The molecule has 0 atom stereocenters. The fourth-order valence-electron chi connectivity index (χ4n) is 7.82. The van der Waals surface area contributed by atoms with Crippen LogP contribution in [0.5, 0.6) is 0 Å². The van der Waals surface area contributed by atoms with Crippen molar-refractivity contribution >= 4 is 75.5 Å². The highest BCUT2D eigenvalue weighted by Gasteiger charge is 2.22. The first-order valence-corrected chi connectivity index (χ1v) is 15.9. The molecule has 1 nitrogen and oxygen atoms in total. The summed E-state index contributed by atoms with van der Waals surface area (Å²) in [7, 11) is 0. The zero-order chi connectivity index (χ0) is 30.2. The van der Waals surface area contributed by atoms with Gasteiger partial charge in [-0.1, -0.05) is 164 Å². The Kier molecular flexibility index (Phi) is 5.35. The molecule has 0 spiro atoms. The number of aromatic nitrogens is 1. The molecule has 0 aliphatic heterocycles. The third-order valence-electron chi connectivity index (χ3n) is 9.80. The monoisotopic (exact) mass is 581 g/mol. The summed E-state index contributed by atoms with van der Waals surface area (Å²) in [4.78, 5) is 5.66. The summed E-state index contributed by atoms with van der Waals surface area (Å²) in [6, 6.07) is 59.6. The topological polar surface area (TPSA) is 12.9 Å². The Hall–Kier alpha value is -6.05. The van der Waals surface area contributed by atoms with Crippen molar-refractivity contribution in [1.29, 1.82) is 0 Å². The van der Waals surface area contributed by atoms with Gasteiger partial charge in [-0.2, -0.15) is 0 Å². The largest absolute Gasteiger partial charge is 0.246 e. The number of fused-ring (bicyclic) bond motifs is 10. The molecular formula is C45H27N. The smallest absolute Gasteiger partial charge is 0.0801 e. The second-order valence-corrected chi connectivity index (χ2v) is 12.2. The minimum atomic E-state index is 1.03. The Balaban J connectivity index is 1.44. The molecule has 10 aromatic rings. The lowest BCUT2D eigenvalue weighted by molar-refractivity contribution is 1.46. The summed E-state index contributed by atoms with van der Waals surface area (Å²) in [5, 5.41) is 15.9. The third-order valence-corrected chi connectivity index (χ3v) is 9.80. The highest BCUT2D eigenvalue weighted by atomic mass is 14.7. The number of hydrogen-bond donors (Lipinski definition) is 0. The number of nitrogens with zero attached hydrogens (tertiary/aromatic N) is 1. The Bertz CT molecular complexity index is 2800. The van der Waals surface area contributed by atoms with Gasteiger partial charge in [0.15, 0.2) is 0 Å².